The number of ether oxygens (including phenoxy) is 6. The first-order valence-electron chi connectivity index (χ1n) is 13.5. The third-order valence-electron chi connectivity index (χ3n) is 9.21. The fraction of sp³-hybridized carbons (Fsp3) is 0.750. The molecule has 3 fully saturated rings. The first kappa shape index (κ1) is 30.9. The highest BCUT2D eigenvalue weighted by Crippen LogP contribution is 2.66. The van der Waals surface area contributed by atoms with Crippen LogP contribution in [0.4, 0.5) is 0 Å². The Hall–Kier alpha value is -3.03. The van der Waals surface area contributed by atoms with Gasteiger partial charge in [0, 0.05) is 46.5 Å². The second kappa shape index (κ2) is 10.1. The van der Waals surface area contributed by atoms with E-state index in [0.717, 1.165) is 20.8 Å². The van der Waals surface area contributed by atoms with Gasteiger partial charge in [-0.2, -0.15) is 0 Å². The molecular weight excluding hydrogens is 544 g/mol. The van der Waals surface area contributed by atoms with Gasteiger partial charge >= 0.3 is 29.8 Å². The van der Waals surface area contributed by atoms with Gasteiger partial charge in [-0.25, -0.2) is 4.79 Å². The number of epoxide rings is 1. The lowest BCUT2D eigenvalue weighted by atomic mass is 9.51. The van der Waals surface area contributed by atoms with E-state index < -0.39 is 94.6 Å². The Morgan fingerprint density at radius 1 is 0.854 bits per heavy atom. The Bertz CT molecular complexity index is 1190. The summed E-state index contributed by atoms with van der Waals surface area (Å²) in [6, 6.07) is 0. The van der Waals surface area contributed by atoms with E-state index in [1.54, 1.807) is 13.8 Å². The van der Waals surface area contributed by atoms with Crippen molar-refractivity contribution in [3.8, 4) is 0 Å². The van der Waals surface area contributed by atoms with Gasteiger partial charge in [-0.3, -0.25) is 19.2 Å². The number of aliphatic hydroxyl groups excluding tert-OH is 1. The zero-order valence-corrected chi connectivity index (χ0v) is 24.4. The minimum Gasteiger partial charge on any atom is -0.462 e. The van der Waals surface area contributed by atoms with Crippen LogP contribution in [0.15, 0.2) is 11.6 Å². The zero-order chi connectivity index (χ0) is 30.9. The first-order chi connectivity index (χ1) is 18.8. The van der Waals surface area contributed by atoms with E-state index in [9.17, 15) is 34.2 Å². The Morgan fingerprint density at radius 2 is 1.34 bits per heavy atom. The highest BCUT2D eigenvalue weighted by atomic mass is 16.7. The third kappa shape index (κ3) is 4.71. The van der Waals surface area contributed by atoms with E-state index in [0.29, 0.717) is 5.57 Å². The smallest absolute Gasteiger partial charge is 0.342 e. The van der Waals surface area contributed by atoms with Crippen molar-refractivity contribution < 1.29 is 62.6 Å². The molecule has 13 heteroatoms. The average molecular weight is 583 g/mol. The molecule has 2 saturated heterocycles. The number of rotatable bonds is 4. The Balaban J connectivity index is 2.09. The van der Waals surface area contributed by atoms with Gasteiger partial charge in [-0.05, 0) is 32.4 Å². The normalized spacial score (nSPS) is 45.0. The minimum atomic E-state index is -2.06. The monoisotopic (exact) mass is 582 g/mol. The molecule has 4 rings (SSSR count). The average Bonchev–Trinajstić information content (AvgIpc) is 3.40. The molecule has 13 nitrogen and oxygen atoms in total. The summed E-state index contributed by atoms with van der Waals surface area (Å²) in [6.45, 7) is 10.6. The van der Waals surface area contributed by atoms with Crippen LogP contribution in [0.3, 0.4) is 0 Å². The van der Waals surface area contributed by atoms with Gasteiger partial charge < -0.3 is 38.6 Å². The van der Waals surface area contributed by atoms with Crippen LogP contribution in [0.1, 0.15) is 68.2 Å². The van der Waals surface area contributed by atoms with Crippen molar-refractivity contribution in [2.45, 2.75) is 122 Å². The van der Waals surface area contributed by atoms with Gasteiger partial charge in [0.2, 0.25) is 0 Å². The second-order valence-corrected chi connectivity index (χ2v) is 12.0. The molecule has 2 N–H and O–H groups in total. The van der Waals surface area contributed by atoms with Crippen molar-refractivity contribution in [2.75, 3.05) is 0 Å². The molecule has 1 spiro atoms. The number of carbonyl (C=O) groups excluding carboxylic acids is 5. The van der Waals surface area contributed by atoms with Crippen molar-refractivity contribution in [3.05, 3.63) is 11.6 Å². The van der Waals surface area contributed by atoms with E-state index in [4.69, 9.17) is 28.4 Å². The van der Waals surface area contributed by atoms with Gasteiger partial charge in [-0.1, -0.05) is 6.92 Å². The predicted octanol–water partition coefficient (Wildman–Crippen LogP) is 0.654. The van der Waals surface area contributed by atoms with Crippen LogP contribution in [-0.4, -0.2) is 93.5 Å². The molecule has 11 atom stereocenters. The van der Waals surface area contributed by atoms with Crippen LogP contribution < -0.4 is 0 Å². The van der Waals surface area contributed by atoms with E-state index in [-0.39, 0.29) is 12.8 Å². The van der Waals surface area contributed by atoms with Crippen molar-refractivity contribution in [3.63, 3.8) is 0 Å². The Kier molecular flexibility index (Phi) is 7.58. The molecule has 2 heterocycles. The van der Waals surface area contributed by atoms with E-state index in [1.165, 1.54) is 26.8 Å². The number of hydrogen-bond acceptors (Lipinski definition) is 13. The number of aliphatic hydroxyl groups is 2. The van der Waals surface area contributed by atoms with Gasteiger partial charge in [0.05, 0.1) is 11.5 Å². The summed E-state index contributed by atoms with van der Waals surface area (Å²) in [5.41, 5.74) is -6.65. The highest BCUT2D eigenvalue weighted by Gasteiger charge is 2.88. The molecule has 0 radical (unpaired) electrons. The second-order valence-electron chi connectivity index (χ2n) is 12.0. The largest absolute Gasteiger partial charge is 0.462 e. The summed E-state index contributed by atoms with van der Waals surface area (Å²) in [4.78, 5) is 62.8. The summed E-state index contributed by atoms with van der Waals surface area (Å²) in [7, 11) is 0. The topological polar surface area (TPSA) is 184 Å². The maximum atomic E-state index is 13.1. The summed E-state index contributed by atoms with van der Waals surface area (Å²) < 4.78 is 34.7. The fourth-order valence-corrected chi connectivity index (χ4v) is 7.26. The van der Waals surface area contributed by atoms with Crippen molar-refractivity contribution in [1.82, 2.24) is 0 Å². The summed E-state index contributed by atoms with van der Waals surface area (Å²) in [5, 5.41) is 23.6. The number of carbonyl (C=O) groups is 5. The van der Waals surface area contributed by atoms with Crippen molar-refractivity contribution >= 4 is 29.8 Å². The van der Waals surface area contributed by atoms with E-state index >= 15 is 0 Å². The number of hydrogen-bond donors (Lipinski definition) is 2. The maximum absolute atomic E-state index is 13.1. The van der Waals surface area contributed by atoms with E-state index in [2.05, 4.69) is 0 Å². The lowest BCUT2D eigenvalue weighted by molar-refractivity contribution is -0.278. The molecule has 0 aromatic rings. The van der Waals surface area contributed by atoms with Crippen molar-refractivity contribution in [2.24, 2.45) is 11.3 Å². The first-order valence-corrected chi connectivity index (χ1v) is 13.5. The Morgan fingerprint density at radius 3 is 1.83 bits per heavy atom. The molecule has 0 amide bonds. The molecule has 2 aliphatic carbocycles. The van der Waals surface area contributed by atoms with Crippen LogP contribution in [0.2, 0.25) is 0 Å². The van der Waals surface area contributed by atoms with Crippen LogP contribution in [-0.2, 0) is 52.4 Å². The van der Waals surface area contributed by atoms with Gasteiger partial charge in [0.25, 0.3) is 0 Å². The molecule has 1 saturated carbocycles. The summed E-state index contributed by atoms with van der Waals surface area (Å²) in [5.74, 6) is -5.11. The molecule has 0 aromatic heterocycles. The van der Waals surface area contributed by atoms with Crippen molar-refractivity contribution in [1.29, 1.82) is 0 Å². The number of fused-ring (bicyclic) bond motifs is 1. The Labute approximate surface area is 237 Å². The summed E-state index contributed by atoms with van der Waals surface area (Å²) >= 11 is 0. The third-order valence-corrected chi connectivity index (χ3v) is 9.21. The molecule has 4 aliphatic rings. The number of esters is 5. The zero-order valence-electron chi connectivity index (χ0n) is 24.4. The molecular formula is C28H38O13. The molecule has 2 aliphatic heterocycles. The SMILES string of the molecule is CC(=O)OC1CC(OC(C)=O)C2(C)C(OC(C)=O)CC(O)C(C)=CC3OC(=O)C4(C)OC34C(OC(C)=O)C2C1(C)O. The predicted molar refractivity (Wildman–Crippen MR) is 136 cm³/mol. The lowest BCUT2D eigenvalue weighted by Crippen LogP contribution is -2.73. The molecule has 11 unspecified atom stereocenters. The van der Waals surface area contributed by atoms with E-state index in [1.807, 2.05) is 0 Å². The van der Waals surface area contributed by atoms with Crippen LogP contribution in [0, 0.1) is 11.3 Å². The molecule has 41 heavy (non-hydrogen) atoms. The summed E-state index contributed by atoms with van der Waals surface area (Å²) in [6.07, 6.45) is -6.61. The minimum absolute atomic E-state index is 0.223. The molecule has 228 valence electrons. The van der Waals surface area contributed by atoms with Crippen LogP contribution >= 0.6 is 0 Å². The lowest BCUT2D eigenvalue weighted by Gasteiger charge is -2.59. The maximum Gasteiger partial charge on any atom is 0.342 e. The van der Waals surface area contributed by atoms with Crippen LogP contribution in [0.5, 0.6) is 0 Å². The molecule has 0 bridgehead atoms. The van der Waals surface area contributed by atoms with Crippen LogP contribution in [0.25, 0.3) is 0 Å². The van der Waals surface area contributed by atoms with Gasteiger partial charge in [0.1, 0.15) is 30.0 Å². The fourth-order valence-electron chi connectivity index (χ4n) is 7.26. The quantitative estimate of drug-likeness (QED) is 0.204. The highest BCUT2D eigenvalue weighted by molar-refractivity contribution is 5.89. The van der Waals surface area contributed by atoms with Gasteiger partial charge in [0.15, 0.2) is 17.3 Å². The standard InChI is InChI=1S/C28H38O13/c1-12-9-21-28(27(8,41-28)24(34)40-21)23(39-16(5)32)22-25(6,18(10-17(12)33)36-13(2)29)19(37-14(3)30)11-20(26(22,7)35)38-15(4)31/h9,17-23,33,35H,10-11H2,1-8H3. The molecule has 0 aromatic carbocycles. The van der Waals surface area contributed by atoms with Gasteiger partial charge in [-0.15, -0.1) is 0 Å².